The van der Waals surface area contributed by atoms with E-state index in [0.717, 1.165) is 16.5 Å². The summed E-state index contributed by atoms with van der Waals surface area (Å²) in [5.74, 6) is -0.374. The molecule has 106 valence electrons. The smallest absolute Gasteiger partial charge is 0.272 e. The van der Waals surface area contributed by atoms with Crippen LogP contribution in [-0.2, 0) is 4.33 Å². The lowest BCUT2D eigenvalue weighted by molar-refractivity contribution is 0.0896. The Labute approximate surface area is 132 Å². The summed E-state index contributed by atoms with van der Waals surface area (Å²) in [7, 11) is 0. The quantitative estimate of drug-likeness (QED) is 0.615. The van der Waals surface area contributed by atoms with Crippen LogP contribution in [0.3, 0.4) is 0 Å². The molecule has 0 N–H and O–H groups in total. The van der Waals surface area contributed by atoms with E-state index in [1.165, 1.54) is 4.57 Å². The molecule has 2 aromatic carbocycles. The third-order valence-corrected chi connectivity index (χ3v) is 4.29. The van der Waals surface area contributed by atoms with Gasteiger partial charge >= 0.3 is 0 Å². The Morgan fingerprint density at radius 3 is 2.33 bits per heavy atom. The molecule has 0 aliphatic heterocycles. The second-order valence-corrected chi connectivity index (χ2v) is 6.27. The third kappa shape index (κ3) is 2.35. The second-order valence-electron chi connectivity index (χ2n) is 4.94. The van der Waals surface area contributed by atoms with E-state index in [0.29, 0.717) is 5.56 Å². The summed E-state index contributed by atoms with van der Waals surface area (Å²) >= 11 is 12.7. The number of aromatic nitrogens is 1. The lowest BCUT2D eigenvalue weighted by atomic mass is 10.1. The first-order chi connectivity index (χ1) is 10.0. The molecule has 3 rings (SSSR count). The van der Waals surface area contributed by atoms with Crippen LogP contribution in [0.4, 0.5) is 0 Å². The van der Waals surface area contributed by atoms with Crippen molar-refractivity contribution >= 4 is 40.0 Å². The summed E-state index contributed by atoms with van der Waals surface area (Å²) in [5, 5.41) is 1.02. The number of fused-ring (bicyclic) bond motifs is 1. The van der Waals surface area contributed by atoms with Gasteiger partial charge in [0.25, 0.3) is 5.91 Å². The lowest BCUT2D eigenvalue weighted by Gasteiger charge is -2.19. The Morgan fingerprint density at radius 1 is 1.00 bits per heavy atom. The van der Waals surface area contributed by atoms with Gasteiger partial charge < -0.3 is 0 Å². The van der Waals surface area contributed by atoms with Crippen LogP contribution >= 0.6 is 23.2 Å². The van der Waals surface area contributed by atoms with Gasteiger partial charge in [0, 0.05) is 11.6 Å². The van der Waals surface area contributed by atoms with Crippen molar-refractivity contribution in [2.45, 2.75) is 11.3 Å². The monoisotopic (exact) mass is 317 g/mol. The van der Waals surface area contributed by atoms with E-state index >= 15 is 0 Å². The van der Waals surface area contributed by atoms with Gasteiger partial charge in [-0.05, 0) is 24.1 Å². The molecule has 1 heterocycles. The van der Waals surface area contributed by atoms with Crippen LogP contribution in [0.15, 0.2) is 60.8 Å². The average molecular weight is 318 g/mol. The Balaban J connectivity index is 2.13. The van der Waals surface area contributed by atoms with Crippen molar-refractivity contribution < 1.29 is 4.79 Å². The Bertz CT molecular complexity index is 806. The van der Waals surface area contributed by atoms with Gasteiger partial charge in [0.15, 0.2) is 0 Å². The molecule has 0 aliphatic rings. The molecule has 3 aromatic rings. The highest BCUT2D eigenvalue weighted by Gasteiger charge is 2.37. The first-order valence-corrected chi connectivity index (χ1v) is 7.32. The van der Waals surface area contributed by atoms with Crippen LogP contribution < -0.4 is 0 Å². The minimum absolute atomic E-state index is 0.374. The number of rotatable bonds is 2. The molecule has 0 radical (unpaired) electrons. The first-order valence-electron chi connectivity index (χ1n) is 6.56. The molecule has 2 nitrogen and oxygen atoms in total. The van der Waals surface area contributed by atoms with Crippen LogP contribution in [0, 0.1) is 6.92 Å². The molecule has 1 aromatic heterocycles. The van der Waals surface area contributed by atoms with E-state index in [4.69, 9.17) is 23.2 Å². The van der Waals surface area contributed by atoms with Crippen LogP contribution in [0.1, 0.15) is 15.9 Å². The van der Waals surface area contributed by atoms with Crippen molar-refractivity contribution in [3.8, 4) is 0 Å². The van der Waals surface area contributed by atoms with Crippen LogP contribution in [0.5, 0.6) is 0 Å². The molecular formula is C17H13Cl2NO. The van der Waals surface area contributed by atoms with Gasteiger partial charge in [-0.3, -0.25) is 9.36 Å². The lowest BCUT2D eigenvalue weighted by Crippen LogP contribution is -2.28. The molecule has 21 heavy (non-hydrogen) atoms. The maximum Gasteiger partial charge on any atom is 0.272 e. The standard InChI is InChI=1S/C17H13Cl2NO/c1-12-11-20(15-10-6-5-9-14(12)15)16(21)17(18,19)13-7-3-2-4-8-13/h2-11H,1H3. The largest absolute Gasteiger partial charge is 0.284 e. The number of halogens is 2. The molecule has 0 spiro atoms. The highest BCUT2D eigenvalue weighted by molar-refractivity contribution is 6.57. The zero-order valence-electron chi connectivity index (χ0n) is 11.4. The Hall–Kier alpha value is -1.77. The Morgan fingerprint density at radius 2 is 1.62 bits per heavy atom. The van der Waals surface area contributed by atoms with Crippen molar-refractivity contribution in [1.82, 2.24) is 4.57 Å². The number of benzene rings is 2. The number of hydrogen-bond donors (Lipinski definition) is 0. The molecule has 4 heteroatoms. The molecule has 0 atom stereocenters. The first kappa shape index (κ1) is 14.2. The van der Waals surface area contributed by atoms with Crippen molar-refractivity contribution in [2.24, 2.45) is 0 Å². The summed E-state index contributed by atoms with van der Waals surface area (Å²) in [5.41, 5.74) is 2.38. The van der Waals surface area contributed by atoms with E-state index < -0.39 is 4.33 Å². The number of nitrogens with zero attached hydrogens (tertiary/aromatic N) is 1. The van der Waals surface area contributed by atoms with E-state index in [9.17, 15) is 4.79 Å². The number of hydrogen-bond acceptors (Lipinski definition) is 1. The number of para-hydroxylation sites is 1. The van der Waals surface area contributed by atoms with Crippen molar-refractivity contribution in [2.75, 3.05) is 0 Å². The minimum Gasteiger partial charge on any atom is -0.284 e. The maximum absolute atomic E-state index is 12.8. The number of alkyl halides is 2. The molecule has 0 aliphatic carbocycles. The maximum atomic E-state index is 12.8. The van der Waals surface area contributed by atoms with E-state index in [1.807, 2.05) is 37.3 Å². The molecule has 0 amide bonds. The number of aryl methyl sites for hydroxylation is 1. The molecule has 0 unspecified atom stereocenters. The zero-order chi connectivity index (χ0) is 15.0. The summed E-state index contributed by atoms with van der Waals surface area (Å²) in [6.45, 7) is 1.96. The van der Waals surface area contributed by atoms with E-state index in [1.54, 1.807) is 30.5 Å². The average Bonchev–Trinajstić information content (AvgIpc) is 2.85. The topological polar surface area (TPSA) is 22.0 Å². The van der Waals surface area contributed by atoms with Gasteiger partial charge in [-0.25, -0.2) is 0 Å². The van der Waals surface area contributed by atoms with E-state index in [-0.39, 0.29) is 5.91 Å². The normalized spacial score (nSPS) is 11.8. The predicted octanol–water partition coefficient (Wildman–Crippen LogP) is 4.92. The van der Waals surface area contributed by atoms with Gasteiger partial charge in [0.2, 0.25) is 4.33 Å². The zero-order valence-corrected chi connectivity index (χ0v) is 12.9. The van der Waals surface area contributed by atoms with Gasteiger partial charge in [-0.15, -0.1) is 0 Å². The second kappa shape index (κ2) is 5.21. The summed E-state index contributed by atoms with van der Waals surface area (Å²) < 4.78 is -0.0901. The summed E-state index contributed by atoms with van der Waals surface area (Å²) in [4.78, 5) is 12.8. The Kier molecular flexibility index (Phi) is 3.52. The summed E-state index contributed by atoms with van der Waals surface area (Å²) in [6, 6.07) is 16.6. The van der Waals surface area contributed by atoms with Crippen molar-refractivity contribution in [1.29, 1.82) is 0 Å². The highest BCUT2D eigenvalue weighted by atomic mass is 35.5. The van der Waals surface area contributed by atoms with Crippen LogP contribution in [0.25, 0.3) is 10.9 Å². The molecule has 0 fully saturated rings. The van der Waals surface area contributed by atoms with E-state index in [2.05, 4.69) is 0 Å². The number of carbonyl (C=O) groups is 1. The highest BCUT2D eigenvalue weighted by Crippen LogP contribution is 2.37. The predicted molar refractivity (Wildman–Crippen MR) is 87.1 cm³/mol. The van der Waals surface area contributed by atoms with Crippen molar-refractivity contribution in [3.05, 3.63) is 71.9 Å². The van der Waals surface area contributed by atoms with Gasteiger partial charge in [0.05, 0.1) is 5.52 Å². The molecule has 0 bridgehead atoms. The fraction of sp³-hybridized carbons (Fsp3) is 0.118. The van der Waals surface area contributed by atoms with Crippen LogP contribution in [0.2, 0.25) is 0 Å². The molecule has 0 saturated carbocycles. The minimum atomic E-state index is -1.62. The van der Waals surface area contributed by atoms with Gasteiger partial charge in [-0.1, -0.05) is 71.7 Å². The summed E-state index contributed by atoms with van der Waals surface area (Å²) in [6.07, 6.45) is 1.77. The van der Waals surface area contributed by atoms with Crippen LogP contribution in [-0.4, -0.2) is 10.5 Å². The fourth-order valence-electron chi connectivity index (χ4n) is 2.44. The molecular weight excluding hydrogens is 305 g/mol. The van der Waals surface area contributed by atoms with Crippen molar-refractivity contribution in [3.63, 3.8) is 0 Å². The van der Waals surface area contributed by atoms with Gasteiger partial charge in [-0.2, -0.15) is 0 Å². The fourth-order valence-corrected chi connectivity index (χ4v) is 2.87. The third-order valence-electron chi connectivity index (χ3n) is 3.53. The number of carbonyl (C=O) groups excluding carboxylic acids is 1. The molecule has 0 saturated heterocycles. The SMILES string of the molecule is Cc1cn(C(=O)C(Cl)(Cl)c2ccccc2)c2ccccc12. The van der Waals surface area contributed by atoms with Gasteiger partial charge in [0.1, 0.15) is 0 Å².